The molecule has 0 aromatic carbocycles. The molecule has 1 unspecified atom stereocenters. The van der Waals surface area contributed by atoms with Crippen molar-refractivity contribution >= 4 is 16.5 Å². The van der Waals surface area contributed by atoms with Crippen LogP contribution in [0, 0.1) is 0 Å². The molecule has 120 valence electrons. The van der Waals surface area contributed by atoms with Crippen LogP contribution in [0.4, 0.5) is 5.13 Å². The maximum Gasteiger partial charge on any atom is 0.209 e. The molecule has 0 bridgehead atoms. The van der Waals surface area contributed by atoms with Gasteiger partial charge in [-0.3, -0.25) is 0 Å². The second-order valence-electron chi connectivity index (χ2n) is 5.36. The van der Waals surface area contributed by atoms with Crippen molar-refractivity contribution < 1.29 is 13.7 Å². The lowest BCUT2D eigenvalue weighted by Crippen LogP contribution is -2.21. The zero-order chi connectivity index (χ0) is 15.6. The fraction of sp³-hybridized carbons (Fsp3) is 0.400. The molecule has 0 aliphatic carbocycles. The minimum atomic E-state index is 0.193. The van der Waals surface area contributed by atoms with Crippen LogP contribution in [0.1, 0.15) is 30.4 Å². The van der Waals surface area contributed by atoms with Gasteiger partial charge in [0.2, 0.25) is 5.13 Å². The van der Waals surface area contributed by atoms with Crippen molar-refractivity contribution in [2.75, 3.05) is 18.6 Å². The molecule has 3 aromatic rings. The van der Waals surface area contributed by atoms with Crippen molar-refractivity contribution in [1.82, 2.24) is 15.4 Å². The van der Waals surface area contributed by atoms with Gasteiger partial charge in [0, 0.05) is 19.7 Å². The van der Waals surface area contributed by atoms with Gasteiger partial charge in [-0.2, -0.15) is 0 Å². The summed E-state index contributed by atoms with van der Waals surface area (Å²) in [5, 5.41) is 14.1. The Morgan fingerprint density at radius 2 is 2.30 bits per heavy atom. The summed E-state index contributed by atoms with van der Waals surface area (Å²) >= 11 is 1.52. The molecular weight excluding hydrogens is 316 g/mol. The Labute approximate surface area is 136 Å². The summed E-state index contributed by atoms with van der Waals surface area (Å²) in [4.78, 5) is 2.25. The number of ether oxygens (including phenoxy) is 1. The molecule has 7 nitrogen and oxygen atoms in total. The summed E-state index contributed by atoms with van der Waals surface area (Å²) in [7, 11) is 1.66. The van der Waals surface area contributed by atoms with Gasteiger partial charge in [0.05, 0.1) is 6.04 Å². The summed E-state index contributed by atoms with van der Waals surface area (Å²) in [5.41, 5.74) is 0.713. The number of furan rings is 1. The van der Waals surface area contributed by atoms with E-state index in [9.17, 15) is 0 Å². The van der Waals surface area contributed by atoms with Gasteiger partial charge in [-0.25, -0.2) is 0 Å². The third kappa shape index (κ3) is 2.75. The molecule has 1 aliphatic rings. The van der Waals surface area contributed by atoms with E-state index >= 15 is 0 Å². The Balaban J connectivity index is 1.57. The molecule has 0 saturated carbocycles. The van der Waals surface area contributed by atoms with Gasteiger partial charge < -0.3 is 18.6 Å². The molecule has 3 aromatic heterocycles. The topological polar surface area (TPSA) is 77.4 Å². The fourth-order valence-electron chi connectivity index (χ4n) is 2.84. The van der Waals surface area contributed by atoms with E-state index in [1.54, 1.807) is 13.2 Å². The highest BCUT2D eigenvalue weighted by molar-refractivity contribution is 7.18. The SMILES string of the molecule is COCc1ccc(C2CCCN2c2nnc(-c3ccon3)s2)o1. The summed E-state index contributed by atoms with van der Waals surface area (Å²) < 4.78 is 15.9. The van der Waals surface area contributed by atoms with E-state index in [0.29, 0.717) is 12.3 Å². The first-order valence-electron chi connectivity index (χ1n) is 7.43. The van der Waals surface area contributed by atoms with Gasteiger partial charge in [0.25, 0.3) is 0 Å². The molecule has 4 rings (SSSR count). The number of nitrogens with zero attached hydrogens (tertiary/aromatic N) is 4. The van der Waals surface area contributed by atoms with Crippen molar-refractivity contribution in [2.24, 2.45) is 0 Å². The van der Waals surface area contributed by atoms with Crippen molar-refractivity contribution in [3.8, 4) is 10.7 Å². The minimum absolute atomic E-state index is 0.193. The molecule has 8 heteroatoms. The lowest BCUT2D eigenvalue weighted by Gasteiger charge is -2.21. The Morgan fingerprint density at radius 3 is 3.13 bits per heavy atom. The Kier molecular flexibility index (Phi) is 3.84. The summed E-state index contributed by atoms with van der Waals surface area (Å²) in [5.74, 6) is 1.79. The quantitative estimate of drug-likeness (QED) is 0.709. The van der Waals surface area contributed by atoms with Crippen LogP contribution in [0.5, 0.6) is 0 Å². The third-order valence-corrected chi connectivity index (χ3v) is 4.85. The van der Waals surface area contributed by atoms with Crippen molar-refractivity contribution in [3.63, 3.8) is 0 Å². The number of hydrogen-bond donors (Lipinski definition) is 0. The van der Waals surface area contributed by atoms with Gasteiger partial charge in [-0.05, 0) is 25.0 Å². The van der Waals surface area contributed by atoms with Crippen LogP contribution in [0.25, 0.3) is 10.7 Å². The third-order valence-electron chi connectivity index (χ3n) is 3.87. The van der Waals surface area contributed by atoms with E-state index in [0.717, 1.165) is 41.0 Å². The van der Waals surface area contributed by atoms with Crippen molar-refractivity contribution in [2.45, 2.75) is 25.5 Å². The first-order valence-corrected chi connectivity index (χ1v) is 8.25. The largest absolute Gasteiger partial charge is 0.461 e. The molecule has 0 N–H and O–H groups in total. The molecule has 1 aliphatic heterocycles. The Morgan fingerprint density at radius 1 is 1.35 bits per heavy atom. The summed E-state index contributed by atoms with van der Waals surface area (Å²) in [6.07, 6.45) is 3.68. The number of hydrogen-bond acceptors (Lipinski definition) is 8. The van der Waals surface area contributed by atoms with Crippen molar-refractivity contribution in [1.29, 1.82) is 0 Å². The molecule has 4 heterocycles. The van der Waals surface area contributed by atoms with Crippen LogP contribution in [0.2, 0.25) is 0 Å². The lowest BCUT2D eigenvalue weighted by atomic mass is 10.2. The van der Waals surface area contributed by atoms with Gasteiger partial charge in [-0.1, -0.05) is 16.5 Å². The van der Waals surface area contributed by atoms with Gasteiger partial charge in [0.1, 0.15) is 30.1 Å². The van der Waals surface area contributed by atoms with Crippen LogP contribution in [0.3, 0.4) is 0 Å². The van der Waals surface area contributed by atoms with Gasteiger partial charge >= 0.3 is 0 Å². The van der Waals surface area contributed by atoms with Crippen molar-refractivity contribution in [3.05, 3.63) is 36.0 Å². The highest BCUT2D eigenvalue weighted by Gasteiger charge is 2.31. The zero-order valence-electron chi connectivity index (χ0n) is 12.6. The van der Waals surface area contributed by atoms with E-state index in [1.165, 1.54) is 17.6 Å². The van der Waals surface area contributed by atoms with E-state index < -0.39 is 0 Å². The molecule has 1 fully saturated rings. The molecular formula is C15H16N4O3S. The molecule has 1 saturated heterocycles. The maximum atomic E-state index is 5.90. The second-order valence-corrected chi connectivity index (χ2v) is 6.32. The monoisotopic (exact) mass is 332 g/mol. The van der Waals surface area contributed by atoms with Gasteiger partial charge in [0.15, 0.2) is 5.01 Å². The number of methoxy groups -OCH3 is 1. The number of anilines is 1. The Bertz CT molecular complexity index is 767. The molecule has 1 atom stereocenters. The zero-order valence-corrected chi connectivity index (χ0v) is 13.5. The number of aromatic nitrogens is 3. The van der Waals surface area contributed by atoms with Crippen LogP contribution < -0.4 is 4.90 Å². The van der Waals surface area contributed by atoms with E-state index in [4.69, 9.17) is 13.7 Å². The first-order chi connectivity index (χ1) is 11.3. The van der Waals surface area contributed by atoms with Crippen LogP contribution in [-0.4, -0.2) is 29.0 Å². The standard InChI is InChI=1S/C15H16N4O3S/c1-20-9-10-4-5-13(22-10)12-3-2-7-19(12)15-17-16-14(23-15)11-6-8-21-18-11/h4-6,8,12H,2-3,7,9H2,1H3. The Hall–Kier alpha value is -2.19. The maximum absolute atomic E-state index is 5.90. The van der Waals surface area contributed by atoms with Crippen LogP contribution in [0.15, 0.2) is 33.4 Å². The van der Waals surface area contributed by atoms with Gasteiger partial charge in [-0.15, -0.1) is 10.2 Å². The van der Waals surface area contributed by atoms with E-state index in [1.807, 2.05) is 12.1 Å². The molecule has 23 heavy (non-hydrogen) atoms. The average molecular weight is 332 g/mol. The highest BCUT2D eigenvalue weighted by atomic mass is 32.1. The second kappa shape index (κ2) is 6.13. The fourth-order valence-corrected chi connectivity index (χ4v) is 3.72. The molecule has 0 amide bonds. The summed E-state index contributed by atoms with van der Waals surface area (Å²) in [6.45, 7) is 1.43. The van der Waals surface area contributed by atoms with E-state index in [2.05, 4.69) is 20.3 Å². The average Bonchev–Trinajstić information content (AvgIpc) is 3.31. The number of rotatable bonds is 5. The van der Waals surface area contributed by atoms with E-state index in [-0.39, 0.29) is 6.04 Å². The predicted octanol–water partition coefficient (Wildman–Crippen LogP) is 3.27. The minimum Gasteiger partial charge on any atom is -0.461 e. The smallest absolute Gasteiger partial charge is 0.209 e. The van der Waals surface area contributed by atoms with Crippen LogP contribution >= 0.6 is 11.3 Å². The first kappa shape index (κ1) is 14.4. The summed E-state index contributed by atoms with van der Waals surface area (Å²) in [6, 6.07) is 5.97. The molecule has 0 radical (unpaired) electrons. The molecule has 0 spiro atoms. The lowest BCUT2D eigenvalue weighted by molar-refractivity contribution is 0.162. The predicted molar refractivity (Wildman–Crippen MR) is 84.1 cm³/mol. The normalized spacial score (nSPS) is 18.0. The van der Waals surface area contributed by atoms with Crippen LogP contribution in [-0.2, 0) is 11.3 Å². The highest BCUT2D eigenvalue weighted by Crippen LogP contribution is 2.39.